The number of aliphatic hydroxyl groups excluding tert-OH is 1. The molecule has 3 N–H and O–H groups in total. The van der Waals surface area contributed by atoms with E-state index < -0.39 is 11.2 Å². The number of rotatable bonds is 8. The van der Waals surface area contributed by atoms with E-state index in [0.717, 1.165) is 37.0 Å². The van der Waals surface area contributed by atoms with Crippen molar-refractivity contribution < 1.29 is 9.84 Å². The minimum Gasteiger partial charge on any atom is -0.461 e. The summed E-state index contributed by atoms with van der Waals surface area (Å²) in [6, 6.07) is 0.384. The van der Waals surface area contributed by atoms with Gasteiger partial charge in [0.15, 0.2) is 11.2 Å². The van der Waals surface area contributed by atoms with Crippen molar-refractivity contribution in [3.63, 3.8) is 0 Å². The van der Waals surface area contributed by atoms with Crippen LogP contribution in [0.3, 0.4) is 0 Å². The maximum Gasteiger partial charge on any atom is 0.332 e. The highest BCUT2D eigenvalue weighted by Gasteiger charge is 2.27. The lowest BCUT2D eigenvalue weighted by atomic mass is 9.93. The first-order valence-corrected chi connectivity index (χ1v) is 11.1. The van der Waals surface area contributed by atoms with E-state index in [-0.39, 0.29) is 25.2 Å². The molecule has 0 aliphatic heterocycles. The molecule has 1 saturated carbocycles. The molecule has 0 aromatic carbocycles. The summed E-state index contributed by atoms with van der Waals surface area (Å²) in [5, 5.41) is 9.22. The maximum absolute atomic E-state index is 13.4. The minimum atomic E-state index is -0.408. The average Bonchev–Trinajstić information content (AvgIpc) is 3.06. The molecule has 2 aromatic rings. The highest BCUT2D eigenvalue weighted by molar-refractivity contribution is 5.72. The zero-order valence-electron chi connectivity index (χ0n) is 18.2. The molecular weight excluding hydrogens is 398 g/mol. The van der Waals surface area contributed by atoms with Crippen LogP contribution in [0.5, 0.6) is 6.01 Å². The Balaban J connectivity index is 1.89. The third-order valence-corrected chi connectivity index (χ3v) is 6.27. The van der Waals surface area contributed by atoms with Crippen molar-refractivity contribution in [2.45, 2.75) is 71.7 Å². The molecule has 0 spiro atoms. The number of fused-ring (bicyclic) bond motifs is 1. The number of aromatic nitrogens is 4. The second-order valence-corrected chi connectivity index (χ2v) is 8.48. The summed E-state index contributed by atoms with van der Waals surface area (Å²) in [5.41, 5.74) is 7.91. The number of aryl methyl sites for hydroxylation is 1. The zero-order valence-corrected chi connectivity index (χ0v) is 18.2. The van der Waals surface area contributed by atoms with E-state index in [1.54, 1.807) is 0 Å². The molecule has 9 nitrogen and oxygen atoms in total. The summed E-state index contributed by atoms with van der Waals surface area (Å²) < 4.78 is 10.7. The van der Waals surface area contributed by atoms with Gasteiger partial charge in [0.05, 0.1) is 0 Å². The van der Waals surface area contributed by atoms with Crippen molar-refractivity contribution >= 4 is 11.2 Å². The molecule has 0 bridgehead atoms. The molecule has 168 valence electrons. The van der Waals surface area contributed by atoms with Crippen LogP contribution in [0, 0.1) is 5.92 Å². The SMILES string of the molecule is CCn1c(=O)n(CCCO)c(=O)c2c1nc(OC1CCC1)n2CC1=CC=C(N)C(C)C1. The summed E-state index contributed by atoms with van der Waals surface area (Å²) >= 11 is 0. The third kappa shape index (κ3) is 3.94. The van der Waals surface area contributed by atoms with Crippen LogP contribution >= 0.6 is 0 Å². The van der Waals surface area contributed by atoms with Gasteiger partial charge in [0.25, 0.3) is 11.6 Å². The van der Waals surface area contributed by atoms with Crippen LogP contribution in [0.15, 0.2) is 33.0 Å². The van der Waals surface area contributed by atoms with Crippen molar-refractivity contribution in [1.82, 2.24) is 18.7 Å². The number of nitrogens with zero attached hydrogens (tertiary/aromatic N) is 4. The van der Waals surface area contributed by atoms with Crippen molar-refractivity contribution in [3.8, 4) is 6.01 Å². The Labute approximate surface area is 180 Å². The number of hydrogen-bond donors (Lipinski definition) is 2. The molecule has 2 aromatic heterocycles. The Morgan fingerprint density at radius 1 is 1.23 bits per heavy atom. The van der Waals surface area contributed by atoms with E-state index in [9.17, 15) is 14.7 Å². The standard InChI is InChI=1S/C22H31N5O4/c1-3-25-19-18(20(29)26(22(25)30)10-5-11-28)27(21(24-19)31-16-6-4-7-16)13-15-8-9-17(23)14(2)12-15/h8-9,14,16,28H,3-7,10-13,23H2,1-2H3. The second-order valence-electron chi connectivity index (χ2n) is 8.48. The van der Waals surface area contributed by atoms with Crippen molar-refractivity contribution in [3.05, 3.63) is 44.3 Å². The van der Waals surface area contributed by atoms with Crippen LogP contribution in [0.4, 0.5) is 0 Å². The van der Waals surface area contributed by atoms with Crippen LogP contribution in [0.2, 0.25) is 0 Å². The number of allylic oxidation sites excluding steroid dienone is 4. The fourth-order valence-electron chi connectivity index (χ4n) is 4.13. The highest BCUT2D eigenvalue weighted by Crippen LogP contribution is 2.29. The predicted molar refractivity (Wildman–Crippen MR) is 118 cm³/mol. The first kappa shape index (κ1) is 21.4. The minimum absolute atomic E-state index is 0.0868. The predicted octanol–water partition coefficient (Wildman–Crippen LogP) is 1.50. The molecule has 4 rings (SSSR count). The molecule has 9 heteroatoms. The summed E-state index contributed by atoms with van der Waals surface area (Å²) in [6.45, 7) is 4.83. The smallest absolute Gasteiger partial charge is 0.332 e. The fourth-order valence-corrected chi connectivity index (χ4v) is 4.13. The largest absolute Gasteiger partial charge is 0.461 e. The molecule has 0 saturated heterocycles. The number of aliphatic hydroxyl groups is 1. The van der Waals surface area contributed by atoms with E-state index >= 15 is 0 Å². The van der Waals surface area contributed by atoms with Gasteiger partial charge in [-0.1, -0.05) is 13.0 Å². The van der Waals surface area contributed by atoms with E-state index in [4.69, 9.17) is 10.5 Å². The van der Waals surface area contributed by atoms with Crippen LogP contribution in [0.25, 0.3) is 11.2 Å². The van der Waals surface area contributed by atoms with Crippen LogP contribution < -0.4 is 21.7 Å². The Hall–Kier alpha value is -2.81. The Kier molecular flexibility index (Phi) is 6.04. The van der Waals surface area contributed by atoms with Gasteiger partial charge in [0.1, 0.15) is 6.10 Å². The maximum atomic E-state index is 13.4. The Morgan fingerprint density at radius 3 is 2.61 bits per heavy atom. The van der Waals surface area contributed by atoms with Crippen LogP contribution in [0.1, 0.15) is 46.0 Å². The first-order chi connectivity index (χ1) is 14.9. The van der Waals surface area contributed by atoms with Crippen molar-refractivity contribution in [2.24, 2.45) is 11.7 Å². The first-order valence-electron chi connectivity index (χ1n) is 11.1. The van der Waals surface area contributed by atoms with Crippen LogP contribution in [-0.4, -0.2) is 36.5 Å². The topological polar surface area (TPSA) is 117 Å². The van der Waals surface area contributed by atoms with E-state index in [2.05, 4.69) is 11.9 Å². The molecule has 2 aliphatic rings. The second kappa shape index (κ2) is 8.74. The summed E-state index contributed by atoms with van der Waals surface area (Å²) in [5.74, 6) is 0.223. The Morgan fingerprint density at radius 2 is 2.00 bits per heavy atom. The van der Waals surface area contributed by atoms with E-state index in [0.29, 0.717) is 36.7 Å². The molecule has 0 amide bonds. The molecule has 2 heterocycles. The van der Waals surface area contributed by atoms with Gasteiger partial charge in [-0.05, 0) is 56.6 Å². The van der Waals surface area contributed by atoms with Gasteiger partial charge in [-0.3, -0.25) is 18.5 Å². The summed E-state index contributed by atoms with van der Waals surface area (Å²) in [6.07, 6.45) is 8.15. The summed E-state index contributed by atoms with van der Waals surface area (Å²) in [7, 11) is 0. The third-order valence-electron chi connectivity index (χ3n) is 6.27. The van der Waals surface area contributed by atoms with Crippen molar-refractivity contribution in [1.29, 1.82) is 0 Å². The molecule has 0 radical (unpaired) electrons. The lowest BCUT2D eigenvalue weighted by Gasteiger charge is -2.26. The van der Waals surface area contributed by atoms with Crippen LogP contribution in [-0.2, 0) is 19.6 Å². The van der Waals surface area contributed by atoms with Gasteiger partial charge in [-0.2, -0.15) is 4.98 Å². The van der Waals surface area contributed by atoms with Gasteiger partial charge >= 0.3 is 5.69 Å². The number of imidazole rings is 1. The van der Waals surface area contributed by atoms with Gasteiger partial charge < -0.3 is 15.6 Å². The molecule has 1 unspecified atom stereocenters. The number of hydrogen-bond acceptors (Lipinski definition) is 6. The van der Waals surface area contributed by atoms with Gasteiger partial charge in [-0.15, -0.1) is 0 Å². The lowest BCUT2D eigenvalue weighted by Crippen LogP contribution is -2.40. The molecule has 1 atom stereocenters. The fraction of sp³-hybridized carbons (Fsp3) is 0.591. The summed E-state index contributed by atoms with van der Waals surface area (Å²) in [4.78, 5) is 30.9. The number of nitrogens with two attached hydrogens (primary N) is 1. The lowest BCUT2D eigenvalue weighted by molar-refractivity contribution is 0.104. The molecule has 1 fully saturated rings. The zero-order chi connectivity index (χ0) is 22.1. The molecular formula is C22H31N5O4. The normalized spacial score (nSPS) is 19.3. The Bertz CT molecular complexity index is 1150. The number of ether oxygens (including phenoxy) is 1. The molecule has 2 aliphatic carbocycles. The van der Waals surface area contributed by atoms with Gasteiger partial charge in [-0.25, -0.2) is 4.79 Å². The monoisotopic (exact) mass is 429 g/mol. The average molecular weight is 430 g/mol. The van der Waals surface area contributed by atoms with E-state index in [1.165, 1.54) is 9.13 Å². The quantitative estimate of drug-likeness (QED) is 0.657. The van der Waals surface area contributed by atoms with Gasteiger partial charge in [0.2, 0.25) is 0 Å². The van der Waals surface area contributed by atoms with E-state index in [1.807, 2.05) is 23.6 Å². The molecule has 31 heavy (non-hydrogen) atoms. The van der Waals surface area contributed by atoms with Gasteiger partial charge in [0, 0.05) is 31.9 Å². The van der Waals surface area contributed by atoms with Crippen molar-refractivity contribution in [2.75, 3.05) is 6.61 Å². The highest BCUT2D eigenvalue weighted by atomic mass is 16.5.